The minimum Gasteiger partial charge on any atom is -0.497 e. The molecule has 0 bridgehead atoms. The maximum absolute atomic E-state index is 14.1. The monoisotopic (exact) mass is 660 g/mol. The van der Waals surface area contributed by atoms with Gasteiger partial charge in [-0.2, -0.15) is 5.26 Å². The summed E-state index contributed by atoms with van der Waals surface area (Å²) < 4.78 is 33.4. The molecule has 0 heterocycles. The number of carbonyl (C=O) groups is 3. The first-order chi connectivity index (χ1) is 23.6. The van der Waals surface area contributed by atoms with Gasteiger partial charge < -0.3 is 19.9 Å². The molecule has 0 aliphatic heterocycles. The fraction of sp³-hybridized carbons (Fsp3) is 0.179. The molecule has 0 unspecified atom stereocenters. The second-order valence-corrected chi connectivity index (χ2v) is 11.6. The van der Waals surface area contributed by atoms with Crippen LogP contribution in [0, 0.1) is 23.0 Å². The molecule has 0 aromatic heterocycles. The van der Waals surface area contributed by atoms with Gasteiger partial charge in [-0.1, -0.05) is 54.6 Å². The number of anilines is 1. The molecule has 8 nitrogen and oxygen atoms in total. The van der Waals surface area contributed by atoms with Crippen molar-refractivity contribution in [3.63, 3.8) is 0 Å². The molecule has 1 atom stereocenters. The SMILES string of the molecule is COc1ccc(N(C)C(=O)[C@H](Cc2cc(F)cc(F)c2)NC(=O)CN(Cc2ccc(C#N)cc2)C(=O)Cc2ccc3ccccc3c2)cc1. The summed E-state index contributed by atoms with van der Waals surface area (Å²) in [7, 11) is 3.05. The number of carbonyl (C=O) groups excluding carboxylic acids is 3. The molecule has 0 fully saturated rings. The van der Waals surface area contributed by atoms with Gasteiger partial charge in [0.15, 0.2) is 0 Å². The first kappa shape index (κ1) is 34.3. The van der Waals surface area contributed by atoms with Crippen molar-refractivity contribution < 1.29 is 27.9 Å². The van der Waals surface area contributed by atoms with Crippen LogP contribution in [0.25, 0.3) is 10.8 Å². The highest BCUT2D eigenvalue weighted by Crippen LogP contribution is 2.21. The van der Waals surface area contributed by atoms with Gasteiger partial charge in [0.2, 0.25) is 17.7 Å². The Morgan fingerprint density at radius 2 is 1.47 bits per heavy atom. The number of nitrogens with zero attached hydrogens (tertiary/aromatic N) is 3. The maximum atomic E-state index is 14.1. The standard InChI is InChI=1S/C39H34F2N4O4/c1-44(34-13-15-35(49-2)16-14-34)39(48)36(20-29-18-32(40)22-33(41)19-29)43-37(46)25-45(24-27-9-7-26(23-42)8-10-27)38(47)21-28-11-12-30-5-3-4-6-31(30)17-28/h3-19,22,36H,20-21,24-25H2,1-2H3,(H,43,46)/t36-/m0/s1. The molecule has 5 rings (SSSR count). The molecule has 248 valence electrons. The first-order valence-electron chi connectivity index (χ1n) is 15.5. The lowest BCUT2D eigenvalue weighted by Gasteiger charge is -2.27. The highest BCUT2D eigenvalue weighted by Gasteiger charge is 2.28. The predicted molar refractivity (Wildman–Crippen MR) is 183 cm³/mol. The molecule has 0 radical (unpaired) electrons. The van der Waals surface area contributed by atoms with Gasteiger partial charge in [-0.3, -0.25) is 14.4 Å². The van der Waals surface area contributed by atoms with E-state index in [-0.39, 0.29) is 30.9 Å². The highest BCUT2D eigenvalue weighted by atomic mass is 19.1. The Labute approximate surface area is 283 Å². The molecule has 0 spiro atoms. The molecule has 5 aromatic rings. The summed E-state index contributed by atoms with van der Waals surface area (Å²) >= 11 is 0. The number of rotatable bonds is 12. The van der Waals surface area contributed by atoms with Crippen LogP contribution in [0.5, 0.6) is 5.75 Å². The number of ether oxygens (including phenoxy) is 1. The van der Waals surface area contributed by atoms with Gasteiger partial charge in [0.25, 0.3) is 0 Å². The lowest BCUT2D eigenvalue weighted by Crippen LogP contribution is -2.51. The van der Waals surface area contributed by atoms with E-state index in [9.17, 15) is 28.4 Å². The van der Waals surface area contributed by atoms with Crippen LogP contribution in [0.2, 0.25) is 0 Å². The van der Waals surface area contributed by atoms with Crippen molar-refractivity contribution in [3.05, 3.63) is 143 Å². The lowest BCUT2D eigenvalue weighted by atomic mass is 10.0. The number of likely N-dealkylation sites (N-methyl/N-ethyl adjacent to an activating group) is 1. The number of hydrogen-bond acceptors (Lipinski definition) is 5. The van der Waals surface area contributed by atoms with Crippen molar-refractivity contribution in [3.8, 4) is 11.8 Å². The quantitative estimate of drug-likeness (QED) is 0.178. The van der Waals surface area contributed by atoms with Gasteiger partial charge in [0.05, 0.1) is 31.7 Å². The summed E-state index contributed by atoms with van der Waals surface area (Å²) in [5, 5.41) is 13.9. The number of nitrogens with one attached hydrogen (secondary N) is 1. The van der Waals surface area contributed by atoms with Crippen molar-refractivity contribution in [1.29, 1.82) is 5.26 Å². The van der Waals surface area contributed by atoms with Crippen LogP contribution in [0.3, 0.4) is 0 Å². The van der Waals surface area contributed by atoms with Crippen molar-refractivity contribution in [2.24, 2.45) is 0 Å². The fourth-order valence-corrected chi connectivity index (χ4v) is 5.52. The summed E-state index contributed by atoms with van der Waals surface area (Å²) in [4.78, 5) is 44.0. The van der Waals surface area contributed by atoms with Gasteiger partial charge in [-0.05, 0) is 76.0 Å². The number of amides is 3. The molecule has 3 amide bonds. The van der Waals surface area contributed by atoms with Gasteiger partial charge in [0, 0.05) is 31.8 Å². The zero-order valence-corrected chi connectivity index (χ0v) is 27.0. The van der Waals surface area contributed by atoms with Crippen LogP contribution in [-0.4, -0.2) is 49.4 Å². The molecule has 5 aromatic carbocycles. The number of methoxy groups -OCH3 is 1. The highest BCUT2D eigenvalue weighted by molar-refractivity contribution is 5.99. The van der Waals surface area contributed by atoms with Crippen LogP contribution in [-0.2, 0) is 33.8 Å². The Morgan fingerprint density at radius 1 is 0.816 bits per heavy atom. The van der Waals surface area contributed by atoms with Crippen LogP contribution < -0.4 is 15.0 Å². The molecule has 0 aliphatic rings. The molecule has 0 saturated carbocycles. The van der Waals surface area contributed by atoms with Crippen molar-refractivity contribution >= 4 is 34.2 Å². The van der Waals surface area contributed by atoms with Crippen molar-refractivity contribution in [1.82, 2.24) is 10.2 Å². The number of benzene rings is 5. The fourth-order valence-electron chi connectivity index (χ4n) is 5.52. The number of nitriles is 1. The molecule has 0 saturated heterocycles. The maximum Gasteiger partial charge on any atom is 0.249 e. The number of hydrogen-bond donors (Lipinski definition) is 1. The summed E-state index contributed by atoms with van der Waals surface area (Å²) in [6.07, 6.45) is -0.195. The first-order valence-corrected chi connectivity index (χ1v) is 15.5. The van der Waals surface area contributed by atoms with Crippen LogP contribution in [0.4, 0.5) is 14.5 Å². The molecule has 0 aliphatic carbocycles. The van der Waals surface area contributed by atoms with E-state index in [0.717, 1.165) is 34.5 Å². The Hall–Kier alpha value is -6.08. The normalized spacial score (nSPS) is 11.3. The molecule has 49 heavy (non-hydrogen) atoms. The minimum atomic E-state index is -1.23. The predicted octanol–water partition coefficient (Wildman–Crippen LogP) is 5.96. The Balaban J connectivity index is 1.39. The van der Waals surface area contributed by atoms with Crippen LogP contribution >= 0.6 is 0 Å². The second-order valence-electron chi connectivity index (χ2n) is 11.6. The molecular formula is C39H34F2N4O4. The van der Waals surface area contributed by atoms with Crippen molar-refractivity contribution in [2.45, 2.75) is 25.4 Å². The largest absolute Gasteiger partial charge is 0.497 e. The van der Waals surface area contributed by atoms with E-state index in [1.54, 1.807) is 48.5 Å². The van der Waals surface area contributed by atoms with E-state index in [0.29, 0.717) is 22.6 Å². The molecule has 1 N–H and O–H groups in total. The summed E-state index contributed by atoms with van der Waals surface area (Å²) in [5.74, 6) is -2.56. The molecule has 10 heteroatoms. The second kappa shape index (κ2) is 15.7. The summed E-state index contributed by atoms with van der Waals surface area (Å²) in [6.45, 7) is -0.342. The zero-order chi connectivity index (χ0) is 34.9. The number of halogens is 2. The van der Waals surface area contributed by atoms with Gasteiger partial charge in [-0.15, -0.1) is 0 Å². The van der Waals surface area contributed by atoms with Crippen molar-refractivity contribution in [2.75, 3.05) is 25.6 Å². The van der Waals surface area contributed by atoms with Gasteiger partial charge >= 0.3 is 0 Å². The van der Waals surface area contributed by atoms with E-state index < -0.39 is 36.0 Å². The van der Waals surface area contributed by atoms with Crippen LogP contribution in [0.15, 0.2) is 109 Å². The van der Waals surface area contributed by atoms with E-state index in [2.05, 4.69) is 11.4 Å². The minimum absolute atomic E-state index is 0.0134. The Kier molecular flexibility index (Phi) is 11.0. The third-order valence-corrected chi connectivity index (χ3v) is 8.10. The Bertz CT molecular complexity index is 1990. The van der Waals surface area contributed by atoms with Crippen LogP contribution in [0.1, 0.15) is 22.3 Å². The van der Waals surface area contributed by atoms with E-state index >= 15 is 0 Å². The molecular weight excluding hydrogens is 626 g/mol. The van der Waals surface area contributed by atoms with Gasteiger partial charge in [0.1, 0.15) is 23.4 Å². The lowest BCUT2D eigenvalue weighted by molar-refractivity contribution is -0.136. The summed E-state index contributed by atoms with van der Waals surface area (Å²) in [6, 6.07) is 30.6. The zero-order valence-electron chi connectivity index (χ0n) is 27.0. The van der Waals surface area contributed by atoms with E-state index in [1.165, 1.54) is 24.0 Å². The van der Waals surface area contributed by atoms with E-state index in [4.69, 9.17) is 4.74 Å². The topological polar surface area (TPSA) is 103 Å². The third kappa shape index (κ3) is 9.05. The number of fused-ring (bicyclic) bond motifs is 1. The smallest absolute Gasteiger partial charge is 0.249 e. The van der Waals surface area contributed by atoms with E-state index in [1.807, 2.05) is 42.5 Å². The van der Waals surface area contributed by atoms with Gasteiger partial charge in [-0.25, -0.2) is 8.78 Å². The third-order valence-electron chi connectivity index (χ3n) is 8.10. The summed E-state index contributed by atoms with van der Waals surface area (Å²) in [5.41, 5.74) is 2.58. The average molecular weight is 661 g/mol. The Morgan fingerprint density at radius 3 is 2.12 bits per heavy atom. The average Bonchev–Trinajstić information content (AvgIpc) is 3.10.